The average molecular weight is 175 g/mol. The number of amides is 1. The van der Waals surface area contributed by atoms with Gasteiger partial charge in [0.15, 0.2) is 0 Å². The number of carbonyl (C=O) groups is 1. The Balaban J connectivity index is 2.23. The molecule has 1 aromatic rings. The molecule has 2 nitrogen and oxygen atoms in total. The molecule has 1 aliphatic heterocycles. The number of nitrogens with one attached hydrogen (secondary N) is 1. The lowest BCUT2D eigenvalue weighted by Gasteiger charge is -2.13. The monoisotopic (exact) mass is 175 g/mol. The predicted molar refractivity (Wildman–Crippen MR) is 51.4 cm³/mol. The Labute approximate surface area is 78.0 Å². The van der Waals surface area contributed by atoms with Gasteiger partial charge in [-0.1, -0.05) is 30.3 Å². The van der Waals surface area contributed by atoms with Crippen LogP contribution in [0, 0.1) is 0 Å². The molecule has 0 aliphatic carbocycles. The van der Waals surface area contributed by atoms with Crippen LogP contribution >= 0.6 is 0 Å². The highest BCUT2D eigenvalue weighted by molar-refractivity contribution is 5.80. The Morgan fingerprint density at radius 3 is 2.54 bits per heavy atom. The van der Waals surface area contributed by atoms with E-state index in [4.69, 9.17) is 0 Å². The summed E-state index contributed by atoms with van der Waals surface area (Å²) >= 11 is 0. The van der Waals surface area contributed by atoms with Crippen LogP contribution in [-0.2, 0) is 4.79 Å². The number of hydrogen-bond donors (Lipinski definition) is 1. The Morgan fingerprint density at radius 1 is 1.31 bits per heavy atom. The van der Waals surface area contributed by atoms with Crippen LogP contribution in [0.3, 0.4) is 0 Å². The van der Waals surface area contributed by atoms with Crippen molar-refractivity contribution in [2.24, 2.45) is 0 Å². The van der Waals surface area contributed by atoms with Crippen molar-refractivity contribution in [2.75, 3.05) is 0 Å². The van der Waals surface area contributed by atoms with Crippen molar-refractivity contribution in [3.05, 3.63) is 35.9 Å². The van der Waals surface area contributed by atoms with E-state index in [0.29, 0.717) is 12.3 Å². The summed E-state index contributed by atoms with van der Waals surface area (Å²) in [5.41, 5.74) is 1.26. The Bertz CT molecular complexity index is 307. The van der Waals surface area contributed by atoms with Crippen molar-refractivity contribution in [1.29, 1.82) is 0 Å². The van der Waals surface area contributed by atoms with Crippen molar-refractivity contribution >= 4 is 5.91 Å². The smallest absolute Gasteiger partial charge is 0.220 e. The van der Waals surface area contributed by atoms with Gasteiger partial charge >= 0.3 is 0 Å². The van der Waals surface area contributed by atoms with Gasteiger partial charge < -0.3 is 5.32 Å². The lowest BCUT2D eigenvalue weighted by atomic mass is 9.93. The summed E-state index contributed by atoms with van der Waals surface area (Å²) in [5, 5.41) is 2.93. The van der Waals surface area contributed by atoms with Gasteiger partial charge in [0.05, 0.1) is 0 Å². The molecule has 1 heterocycles. The van der Waals surface area contributed by atoms with Gasteiger partial charge in [-0.3, -0.25) is 4.79 Å². The summed E-state index contributed by atoms with van der Waals surface area (Å²) in [6, 6.07) is 10.5. The van der Waals surface area contributed by atoms with E-state index in [9.17, 15) is 4.79 Å². The van der Waals surface area contributed by atoms with Crippen molar-refractivity contribution in [2.45, 2.75) is 25.3 Å². The predicted octanol–water partition coefficient (Wildman–Crippen LogP) is 1.68. The first-order valence-electron chi connectivity index (χ1n) is 4.61. The second-order valence-corrected chi connectivity index (χ2v) is 3.58. The molecule has 68 valence electrons. The molecule has 0 bridgehead atoms. The minimum Gasteiger partial charge on any atom is -0.353 e. The molecule has 1 saturated heterocycles. The molecular formula is C11H13NO. The Morgan fingerprint density at radius 2 is 2.00 bits per heavy atom. The molecular weight excluding hydrogens is 162 g/mol. The first-order chi connectivity index (χ1) is 6.27. The largest absolute Gasteiger partial charge is 0.353 e. The van der Waals surface area contributed by atoms with Gasteiger partial charge in [-0.05, 0) is 12.5 Å². The molecule has 1 aromatic carbocycles. The summed E-state index contributed by atoms with van der Waals surface area (Å²) in [7, 11) is 0. The highest BCUT2D eigenvalue weighted by atomic mass is 16.1. The third kappa shape index (κ3) is 1.57. The SMILES string of the molecule is C[C@@H]1NC(=O)C[C@H]1c1ccccc1. The van der Waals surface area contributed by atoms with Crippen LogP contribution in [0.2, 0.25) is 0 Å². The molecule has 1 aliphatic rings. The number of benzene rings is 1. The van der Waals surface area contributed by atoms with E-state index < -0.39 is 0 Å². The van der Waals surface area contributed by atoms with Gasteiger partial charge in [0.25, 0.3) is 0 Å². The number of carbonyl (C=O) groups excluding carboxylic acids is 1. The second kappa shape index (κ2) is 3.21. The van der Waals surface area contributed by atoms with E-state index in [1.807, 2.05) is 18.2 Å². The quantitative estimate of drug-likeness (QED) is 0.691. The molecule has 1 N–H and O–H groups in total. The van der Waals surface area contributed by atoms with E-state index in [-0.39, 0.29) is 11.9 Å². The molecule has 13 heavy (non-hydrogen) atoms. The molecule has 1 amide bonds. The van der Waals surface area contributed by atoms with Crippen LogP contribution in [-0.4, -0.2) is 11.9 Å². The van der Waals surface area contributed by atoms with Gasteiger partial charge in [-0.25, -0.2) is 0 Å². The standard InChI is InChI=1S/C11H13NO/c1-8-10(7-11(13)12-8)9-5-3-2-4-6-9/h2-6,8,10H,7H2,1H3,(H,12,13)/t8-,10+/m0/s1. The van der Waals surface area contributed by atoms with E-state index in [1.54, 1.807) is 0 Å². The maximum absolute atomic E-state index is 11.1. The zero-order valence-electron chi connectivity index (χ0n) is 7.66. The molecule has 2 atom stereocenters. The fourth-order valence-corrected chi connectivity index (χ4v) is 1.90. The van der Waals surface area contributed by atoms with E-state index in [1.165, 1.54) is 5.56 Å². The third-order valence-electron chi connectivity index (χ3n) is 2.63. The molecule has 0 radical (unpaired) electrons. The Kier molecular flexibility index (Phi) is 2.05. The second-order valence-electron chi connectivity index (χ2n) is 3.58. The average Bonchev–Trinajstić information content (AvgIpc) is 2.47. The third-order valence-corrected chi connectivity index (χ3v) is 2.63. The van der Waals surface area contributed by atoms with Gasteiger partial charge in [0, 0.05) is 18.4 Å². The highest BCUT2D eigenvalue weighted by Gasteiger charge is 2.29. The molecule has 0 spiro atoms. The molecule has 0 saturated carbocycles. The van der Waals surface area contributed by atoms with Crippen LogP contribution in [0.4, 0.5) is 0 Å². The zero-order valence-corrected chi connectivity index (χ0v) is 7.66. The van der Waals surface area contributed by atoms with Gasteiger partial charge in [-0.2, -0.15) is 0 Å². The lowest BCUT2D eigenvalue weighted by Crippen LogP contribution is -2.24. The maximum Gasteiger partial charge on any atom is 0.220 e. The lowest BCUT2D eigenvalue weighted by molar-refractivity contribution is -0.119. The summed E-state index contributed by atoms with van der Waals surface area (Å²) in [6.07, 6.45) is 0.630. The number of hydrogen-bond acceptors (Lipinski definition) is 1. The Hall–Kier alpha value is -1.31. The van der Waals surface area contributed by atoms with Crippen LogP contribution in [0.1, 0.15) is 24.8 Å². The summed E-state index contributed by atoms with van der Waals surface area (Å²) < 4.78 is 0. The summed E-state index contributed by atoms with van der Waals surface area (Å²) in [6.45, 7) is 2.06. The maximum atomic E-state index is 11.1. The van der Waals surface area contributed by atoms with Crippen LogP contribution < -0.4 is 5.32 Å². The van der Waals surface area contributed by atoms with E-state index in [0.717, 1.165) is 0 Å². The van der Waals surface area contributed by atoms with E-state index >= 15 is 0 Å². The molecule has 0 aromatic heterocycles. The zero-order chi connectivity index (χ0) is 9.26. The summed E-state index contributed by atoms with van der Waals surface area (Å²) in [4.78, 5) is 11.1. The molecule has 2 heteroatoms. The van der Waals surface area contributed by atoms with Gasteiger partial charge in [-0.15, -0.1) is 0 Å². The van der Waals surface area contributed by atoms with Crippen molar-refractivity contribution < 1.29 is 4.79 Å². The fraction of sp³-hybridized carbons (Fsp3) is 0.364. The van der Waals surface area contributed by atoms with Crippen molar-refractivity contribution in [1.82, 2.24) is 5.32 Å². The van der Waals surface area contributed by atoms with E-state index in [2.05, 4.69) is 24.4 Å². The first kappa shape index (κ1) is 8.30. The first-order valence-corrected chi connectivity index (χ1v) is 4.61. The van der Waals surface area contributed by atoms with Gasteiger partial charge in [0.1, 0.15) is 0 Å². The van der Waals surface area contributed by atoms with Crippen molar-refractivity contribution in [3.63, 3.8) is 0 Å². The molecule has 1 fully saturated rings. The molecule has 2 rings (SSSR count). The van der Waals surface area contributed by atoms with Crippen LogP contribution in [0.25, 0.3) is 0 Å². The summed E-state index contributed by atoms with van der Waals surface area (Å²) in [5.74, 6) is 0.523. The normalized spacial score (nSPS) is 27.3. The topological polar surface area (TPSA) is 29.1 Å². The van der Waals surface area contributed by atoms with Crippen LogP contribution in [0.5, 0.6) is 0 Å². The minimum atomic E-state index is 0.168. The van der Waals surface area contributed by atoms with Crippen molar-refractivity contribution in [3.8, 4) is 0 Å². The minimum absolute atomic E-state index is 0.168. The highest BCUT2D eigenvalue weighted by Crippen LogP contribution is 2.27. The van der Waals surface area contributed by atoms with Gasteiger partial charge in [0.2, 0.25) is 5.91 Å². The number of rotatable bonds is 1. The van der Waals surface area contributed by atoms with Crippen LogP contribution in [0.15, 0.2) is 30.3 Å². The fourth-order valence-electron chi connectivity index (χ4n) is 1.90. The molecule has 0 unspecified atom stereocenters.